The van der Waals surface area contributed by atoms with Crippen molar-refractivity contribution in [1.82, 2.24) is 0 Å². The van der Waals surface area contributed by atoms with Gasteiger partial charge in [0.1, 0.15) is 0 Å². The lowest BCUT2D eigenvalue weighted by atomic mass is 10.1. The molecule has 0 spiro atoms. The third-order valence-corrected chi connectivity index (χ3v) is 9.89. The third-order valence-electron chi connectivity index (χ3n) is 6.04. The Bertz CT molecular complexity index is 1400. The Hall–Kier alpha value is -3.79. The van der Waals surface area contributed by atoms with Crippen LogP contribution in [0.3, 0.4) is 0 Å². The predicted molar refractivity (Wildman–Crippen MR) is 161 cm³/mol. The van der Waals surface area contributed by atoms with E-state index in [1.807, 2.05) is 24.3 Å². The summed E-state index contributed by atoms with van der Waals surface area (Å²) in [5, 5.41) is 0. The molecule has 0 saturated carbocycles. The highest BCUT2D eigenvalue weighted by atomic mass is 33.5. The number of carbonyl (C=O) groups excluding carboxylic acids is 4. The highest BCUT2D eigenvalue weighted by Gasteiger charge is 2.37. The molecular weight excluding hydrogens is 549 g/mol. The third kappa shape index (κ3) is 5.01. The number of amides is 4. The molecule has 39 heavy (non-hydrogen) atoms. The molecule has 2 aliphatic heterocycles. The summed E-state index contributed by atoms with van der Waals surface area (Å²) in [6.45, 7) is 0. The number of nitrogens with zero attached hydrogens (tertiary/aromatic N) is 2. The van der Waals surface area contributed by atoms with Gasteiger partial charge in [0.15, 0.2) is 0 Å². The summed E-state index contributed by atoms with van der Waals surface area (Å²) in [5.74, 6) is -1.24. The Morgan fingerprint density at radius 2 is 0.692 bits per heavy atom. The molecule has 4 amide bonds. The number of carbonyl (C=O) groups is 4. The van der Waals surface area contributed by atoms with Crippen molar-refractivity contribution in [3.63, 3.8) is 0 Å². The smallest absolute Gasteiger partial charge is 0.266 e. The van der Waals surface area contributed by atoms with E-state index in [1.165, 1.54) is 9.80 Å². The molecule has 9 heteroatoms. The van der Waals surface area contributed by atoms with Crippen LogP contribution in [0.25, 0.3) is 0 Å². The maximum absolute atomic E-state index is 12.7. The first-order chi connectivity index (χ1) is 18.0. The van der Waals surface area contributed by atoms with Crippen LogP contribution in [0.5, 0.6) is 0 Å². The molecule has 0 fully saturated rings. The molecule has 0 radical (unpaired) electrons. The van der Waals surface area contributed by atoms with Crippen molar-refractivity contribution in [2.45, 2.75) is 24.6 Å². The van der Waals surface area contributed by atoms with E-state index in [2.05, 4.69) is 0 Å². The molecule has 2 aliphatic rings. The van der Waals surface area contributed by atoms with Crippen LogP contribution < -0.4 is 9.80 Å². The Balaban J connectivity index is 0.00000176. The maximum Gasteiger partial charge on any atom is 0.266 e. The minimum Gasteiger partial charge on any atom is -0.268 e. The van der Waals surface area contributed by atoms with Gasteiger partial charge in [-0.25, -0.2) is 9.80 Å². The summed E-state index contributed by atoms with van der Waals surface area (Å²) in [6.07, 6.45) is 0. The second kappa shape index (κ2) is 11.5. The van der Waals surface area contributed by atoms with E-state index < -0.39 is 0 Å². The Morgan fingerprint density at radius 1 is 0.410 bits per heavy atom. The summed E-state index contributed by atoms with van der Waals surface area (Å²) in [6, 6.07) is 28.3. The van der Waals surface area contributed by atoms with Gasteiger partial charge in [-0.3, -0.25) is 19.2 Å². The first kappa shape index (κ1) is 28.2. The second-order valence-corrected chi connectivity index (χ2v) is 12.3. The normalized spacial score (nSPS) is 13.6. The van der Waals surface area contributed by atoms with Gasteiger partial charge in [-0.15, -0.1) is 0 Å². The fraction of sp³-hybridized carbons (Fsp3) is 0.0667. The molecule has 4 aromatic rings. The number of fused-ring (bicyclic) bond motifs is 2. The molecule has 6 nitrogen and oxygen atoms in total. The van der Waals surface area contributed by atoms with E-state index in [0.717, 1.165) is 9.79 Å². The minimum atomic E-state index is -0.310. The molecule has 0 N–H and O–H groups in total. The van der Waals surface area contributed by atoms with Crippen molar-refractivity contribution in [3.8, 4) is 0 Å². The average molecular weight is 573 g/mol. The van der Waals surface area contributed by atoms with Gasteiger partial charge in [-0.2, -0.15) is 0 Å². The van der Waals surface area contributed by atoms with E-state index >= 15 is 0 Å². The first-order valence-corrected chi connectivity index (χ1v) is 14.7. The quantitative estimate of drug-likeness (QED) is 0.171. The number of benzene rings is 4. The lowest BCUT2D eigenvalue weighted by molar-refractivity contribution is 0.0910. The molecule has 196 valence electrons. The van der Waals surface area contributed by atoms with Crippen molar-refractivity contribution in [2.24, 2.45) is 0 Å². The van der Waals surface area contributed by atoms with Crippen LogP contribution in [-0.4, -0.2) is 23.6 Å². The van der Waals surface area contributed by atoms with Crippen LogP contribution >= 0.6 is 31.4 Å². The maximum atomic E-state index is 12.7. The van der Waals surface area contributed by atoms with Crippen molar-refractivity contribution in [1.29, 1.82) is 0 Å². The van der Waals surface area contributed by atoms with Crippen LogP contribution in [0.2, 0.25) is 0 Å². The van der Waals surface area contributed by atoms with E-state index in [0.29, 0.717) is 33.6 Å². The van der Waals surface area contributed by atoms with Crippen LogP contribution in [-0.2, 0) is 0 Å². The number of hydrogen-bond donors (Lipinski definition) is 0. The van der Waals surface area contributed by atoms with Crippen molar-refractivity contribution in [3.05, 3.63) is 119 Å². The highest BCUT2D eigenvalue weighted by molar-refractivity contribution is 9.09. The summed E-state index contributed by atoms with van der Waals surface area (Å²) in [4.78, 5) is 55.1. The number of rotatable bonds is 6. The Morgan fingerprint density at radius 3 is 0.974 bits per heavy atom. The summed E-state index contributed by atoms with van der Waals surface area (Å²) in [7, 11) is 4.66. The van der Waals surface area contributed by atoms with E-state index in [1.54, 1.807) is 104 Å². The van der Waals surface area contributed by atoms with Crippen molar-refractivity contribution in [2.75, 3.05) is 9.80 Å². The standard InChI is InChI=1S/C28H16N2O4S3.2CH4/c31-25-21-5-1-2-6-22(21)26(32)29(25)17-9-13-19(14-10-17)35-37-36-20-15-11-18(12-16-20)30-27(33)23-7-3-4-8-24(23)28(30)34;;/h1-16H;2*1H4. The monoisotopic (exact) mass is 572 g/mol. The topological polar surface area (TPSA) is 74.8 Å². The summed E-state index contributed by atoms with van der Waals surface area (Å²) < 4.78 is 0. The van der Waals surface area contributed by atoms with Gasteiger partial charge >= 0.3 is 0 Å². The van der Waals surface area contributed by atoms with Crippen LogP contribution in [0.15, 0.2) is 107 Å². The van der Waals surface area contributed by atoms with Crippen molar-refractivity contribution < 1.29 is 19.2 Å². The summed E-state index contributed by atoms with van der Waals surface area (Å²) >= 11 is 0. The van der Waals surface area contributed by atoms with E-state index in [9.17, 15) is 19.2 Å². The van der Waals surface area contributed by atoms with E-state index in [4.69, 9.17) is 0 Å². The molecule has 0 aromatic heterocycles. The van der Waals surface area contributed by atoms with Gasteiger partial charge in [-0.05, 0) is 104 Å². The zero-order chi connectivity index (χ0) is 25.5. The molecule has 6 rings (SSSR count). The predicted octanol–water partition coefficient (Wildman–Crippen LogP) is 8.01. The molecule has 0 atom stereocenters. The average Bonchev–Trinajstić information content (AvgIpc) is 3.34. The fourth-order valence-electron chi connectivity index (χ4n) is 4.24. The second-order valence-electron chi connectivity index (χ2n) is 8.21. The SMILES string of the molecule is C.C.O=C1c2ccccc2C(=O)N1c1ccc(SSSc2ccc(N3C(=O)c4ccccc4C3=O)cc2)cc1. The van der Waals surface area contributed by atoms with Gasteiger partial charge < -0.3 is 0 Å². The number of anilines is 2. The first-order valence-electron chi connectivity index (χ1n) is 11.2. The molecule has 0 aliphatic carbocycles. The van der Waals surface area contributed by atoms with Crippen LogP contribution in [0.1, 0.15) is 56.3 Å². The largest absolute Gasteiger partial charge is 0.268 e. The molecule has 0 unspecified atom stereocenters. The van der Waals surface area contributed by atoms with Gasteiger partial charge in [-0.1, -0.05) is 39.1 Å². The minimum absolute atomic E-state index is 0. The number of imide groups is 2. The lowest BCUT2D eigenvalue weighted by Gasteiger charge is -2.14. The lowest BCUT2D eigenvalue weighted by Crippen LogP contribution is -2.29. The zero-order valence-corrected chi connectivity index (χ0v) is 21.4. The van der Waals surface area contributed by atoms with Crippen molar-refractivity contribution >= 4 is 66.4 Å². The zero-order valence-electron chi connectivity index (χ0n) is 19.0. The molecule has 0 bridgehead atoms. The Kier molecular flexibility index (Phi) is 8.34. The van der Waals surface area contributed by atoms with Gasteiger partial charge in [0, 0.05) is 9.79 Å². The fourth-order valence-corrected chi connectivity index (χ4v) is 7.89. The van der Waals surface area contributed by atoms with E-state index in [-0.39, 0.29) is 38.5 Å². The van der Waals surface area contributed by atoms with Gasteiger partial charge in [0.05, 0.1) is 33.6 Å². The molecule has 0 saturated heterocycles. The molecule has 4 aromatic carbocycles. The molecule has 2 heterocycles. The highest BCUT2D eigenvalue weighted by Crippen LogP contribution is 2.45. The summed E-state index contributed by atoms with van der Waals surface area (Å²) in [5.41, 5.74) is 2.77. The Labute approximate surface area is 238 Å². The number of hydrogen-bond acceptors (Lipinski definition) is 7. The molecular formula is C30H24N2O4S3. The van der Waals surface area contributed by atoms with Crippen LogP contribution in [0, 0.1) is 0 Å². The van der Waals surface area contributed by atoms with Gasteiger partial charge in [0.25, 0.3) is 23.6 Å². The van der Waals surface area contributed by atoms with Gasteiger partial charge in [0.2, 0.25) is 0 Å². The van der Waals surface area contributed by atoms with Crippen LogP contribution in [0.4, 0.5) is 11.4 Å².